The molecule has 1 aliphatic carbocycles. The number of nitrogens with one attached hydrogen (secondary N) is 2. The maximum Gasteiger partial charge on any atom is 0.272 e. The van der Waals surface area contributed by atoms with Crippen molar-refractivity contribution in [2.75, 3.05) is 11.9 Å². The third-order valence-corrected chi connectivity index (χ3v) is 3.02. The van der Waals surface area contributed by atoms with Gasteiger partial charge >= 0.3 is 0 Å². The molecule has 1 aromatic heterocycles. The summed E-state index contributed by atoms with van der Waals surface area (Å²) in [5, 5.41) is 6.20. The van der Waals surface area contributed by atoms with Gasteiger partial charge in [-0.2, -0.15) is 0 Å². The maximum atomic E-state index is 12.2. The van der Waals surface area contributed by atoms with E-state index in [0.717, 1.165) is 31.5 Å². The molecule has 1 heterocycles. The fraction of sp³-hybridized carbons (Fsp3) is 0.643. The zero-order chi connectivity index (χ0) is 13.8. The monoisotopic (exact) mass is 262 g/mol. The van der Waals surface area contributed by atoms with Gasteiger partial charge in [-0.05, 0) is 19.3 Å². The molecule has 2 rings (SSSR count). The van der Waals surface area contributed by atoms with Crippen molar-refractivity contribution in [2.24, 2.45) is 0 Å². The lowest BCUT2D eigenvalue weighted by atomic mass is 10.2. The van der Waals surface area contributed by atoms with Gasteiger partial charge in [0.1, 0.15) is 5.82 Å². The van der Waals surface area contributed by atoms with Crippen molar-refractivity contribution >= 4 is 11.6 Å². The van der Waals surface area contributed by atoms with Crippen LogP contribution in [0.1, 0.15) is 62.3 Å². The molecule has 5 heteroatoms. The van der Waals surface area contributed by atoms with E-state index in [1.807, 2.05) is 13.8 Å². The lowest BCUT2D eigenvalue weighted by molar-refractivity contribution is 0.0946. The quantitative estimate of drug-likeness (QED) is 0.825. The van der Waals surface area contributed by atoms with Gasteiger partial charge < -0.3 is 10.6 Å². The van der Waals surface area contributed by atoms with Crippen LogP contribution in [-0.4, -0.2) is 28.5 Å². The first-order valence-corrected chi connectivity index (χ1v) is 7.03. The van der Waals surface area contributed by atoms with Gasteiger partial charge in [0, 0.05) is 18.5 Å². The molecule has 104 valence electrons. The fourth-order valence-electron chi connectivity index (χ4n) is 1.72. The molecule has 1 saturated carbocycles. The highest BCUT2D eigenvalue weighted by Gasteiger charge is 2.26. The molecule has 1 amide bonds. The van der Waals surface area contributed by atoms with Crippen molar-refractivity contribution in [3.05, 3.63) is 17.7 Å². The van der Waals surface area contributed by atoms with Crippen LogP contribution in [0.5, 0.6) is 0 Å². The standard InChI is InChI=1S/C14H22N4O/c1-4-7-15-11-8-16-13(9(2)3)18-12(11)14(19)17-10-5-6-10/h8-10,15H,4-7H2,1-3H3,(H,17,19). The van der Waals surface area contributed by atoms with Gasteiger partial charge in [-0.3, -0.25) is 4.79 Å². The van der Waals surface area contributed by atoms with Crippen LogP contribution in [0, 0.1) is 0 Å². The zero-order valence-electron chi connectivity index (χ0n) is 11.9. The van der Waals surface area contributed by atoms with Crippen LogP contribution < -0.4 is 10.6 Å². The molecule has 1 aromatic rings. The summed E-state index contributed by atoms with van der Waals surface area (Å²) >= 11 is 0. The molecule has 0 bridgehead atoms. The van der Waals surface area contributed by atoms with Crippen LogP contribution in [0.2, 0.25) is 0 Å². The SMILES string of the molecule is CCCNc1cnc(C(C)C)nc1C(=O)NC1CC1. The molecule has 0 radical (unpaired) electrons. The molecule has 0 aromatic carbocycles. The van der Waals surface area contributed by atoms with Gasteiger partial charge in [-0.15, -0.1) is 0 Å². The van der Waals surface area contributed by atoms with E-state index in [1.54, 1.807) is 6.20 Å². The van der Waals surface area contributed by atoms with Crippen molar-refractivity contribution in [3.8, 4) is 0 Å². The number of rotatable bonds is 6. The number of anilines is 1. The van der Waals surface area contributed by atoms with Crippen LogP contribution in [-0.2, 0) is 0 Å². The van der Waals surface area contributed by atoms with Gasteiger partial charge in [0.15, 0.2) is 5.69 Å². The predicted octanol–water partition coefficient (Wildman–Crippen LogP) is 2.31. The zero-order valence-corrected chi connectivity index (χ0v) is 11.9. The molecule has 1 aliphatic rings. The number of hydrogen-bond donors (Lipinski definition) is 2. The van der Waals surface area contributed by atoms with Crippen molar-refractivity contribution in [1.82, 2.24) is 15.3 Å². The Morgan fingerprint density at radius 1 is 1.47 bits per heavy atom. The van der Waals surface area contributed by atoms with Crippen molar-refractivity contribution in [2.45, 2.75) is 52.0 Å². The van der Waals surface area contributed by atoms with E-state index in [0.29, 0.717) is 17.6 Å². The van der Waals surface area contributed by atoms with Crippen LogP contribution in [0.25, 0.3) is 0 Å². The highest BCUT2D eigenvalue weighted by atomic mass is 16.2. The third-order valence-electron chi connectivity index (χ3n) is 3.02. The first-order valence-electron chi connectivity index (χ1n) is 7.03. The molecule has 0 saturated heterocycles. The average Bonchev–Trinajstić information content (AvgIpc) is 3.19. The Hall–Kier alpha value is -1.65. The van der Waals surface area contributed by atoms with E-state index >= 15 is 0 Å². The second-order valence-corrected chi connectivity index (χ2v) is 5.32. The lowest BCUT2D eigenvalue weighted by Gasteiger charge is -2.12. The highest BCUT2D eigenvalue weighted by molar-refractivity contribution is 5.97. The molecule has 0 spiro atoms. The molecule has 0 atom stereocenters. The van der Waals surface area contributed by atoms with Gasteiger partial charge in [-0.1, -0.05) is 20.8 Å². The summed E-state index contributed by atoms with van der Waals surface area (Å²) < 4.78 is 0. The number of hydrogen-bond acceptors (Lipinski definition) is 4. The van der Waals surface area contributed by atoms with E-state index in [4.69, 9.17) is 0 Å². The van der Waals surface area contributed by atoms with E-state index in [2.05, 4.69) is 27.5 Å². The Balaban J connectivity index is 2.22. The molecular formula is C14H22N4O. The van der Waals surface area contributed by atoms with Crippen LogP contribution in [0.15, 0.2) is 6.20 Å². The predicted molar refractivity (Wildman–Crippen MR) is 75.4 cm³/mol. The number of nitrogens with zero attached hydrogens (tertiary/aromatic N) is 2. The normalized spacial score (nSPS) is 14.5. The van der Waals surface area contributed by atoms with E-state index < -0.39 is 0 Å². The first kappa shape index (κ1) is 13.8. The Morgan fingerprint density at radius 3 is 2.79 bits per heavy atom. The molecule has 19 heavy (non-hydrogen) atoms. The number of amides is 1. The summed E-state index contributed by atoms with van der Waals surface area (Å²) in [6.45, 7) is 6.95. The average molecular weight is 262 g/mol. The molecule has 2 N–H and O–H groups in total. The van der Waals surface area contributed by atoms with Gasteiger partial charge in [0.2, 0.25) is 0 Å². The highest BCUT2D eigenvalue weighted by Crippen LogP contribution is 2.21. The van der Waals surface area contributed by atoms with E-state index in [-0.39, 0.29) is 11.8 Å². The summed E-state index contributed by atoms with van der Waals surface area (Å²) in [5.41, 5.74) is 1.20. The third kappa shape index (κ3) is 3.66. The Labute approximate surface area is 114 Å². The van der Waals surface area contributed by atoms with Crippen LogP contribution >= 0.6 is 0 Å². The second-order valence-electron chi connectivity index (χ2n) is 5.32. The number of carbonyl (C=O) groups is 1. The smallest absolute Gasteiger partial charge is 0.272 e. The maximum absolute atomic E-state index is 12.2. The lowest BCUT2D eigenvalue weighted by Crippen LogP contribution is -2.28. The van der Waals surface area contributed by atoms with Gasteiger partial charge in [0.25, 0.3) is 5.91 Å². The summed E-state index contributed by atoms with van der Waals surface area (Å²) in [6, 6.07) is 0.337. The van der Waals surface area contributed by atoms with Crippen molar-refractivity contribution < 1.29 is 4.79 Å². The number of aromatic nitrogens is 2. The van der Waals surface area contributed by atoms with Crippen LogP contribution in [0.3, 0.4) is 0 Å². The first-order chi connectivity index (χ1) is 9.11. The molecule has 5 nitrogen and oxygen atoms in total. The van der Waals surface area contributed by atoms with Crippen molar-refractivity contribution in [3.63, 3.8) is 0 Å². The summed E-state index contributed by atoms with van der Waals surface area (Å²) in [4.78, 5) is 20.9. The largest absolute Gasteiger partial charge is 0.382 e. The Morgan fingerprint density at radius 2 is 2.21 bits per heavy atom. The Kier molecular flexibility index (Phi) is 4.35. The second kappa shape index (κ2) is 5.99. The van der Waals surface area contributed by atoms with Gasteiger partial charge in [-0.25, -0.2) is 9.97 Å². The van der Waals surface area contributed by atoms with Crippen molar-refractivity contribution in [1.29, 1.82) is 0 Å². The van der Waals surface area contributed by atoms with E-state index in [1.165, 1.54) is 0 Å². The minimum Gasteiger partial charge on any atom is -0.382 e. The molecule has 0 unspecified atom stereocenters. The Bertz CT molecular complexity index is 455. The van der Waals surface area contributed by atoms with Crippen LogP contribution in [0.4, 0.5) is 5.69 Å². The fourth-order valence-corrected chi connectivity index (χ4v) is 1.72. The molecular weight excluding hydrogens is 240 g/mol. The number of carbonyl (C=O) groups excluding carboxylic acids is 1. The summed E-state index contributed by atoms with van der Waals surface area (Å²) in [7, 11) is 0. The molecule has 1 fully saturated rings. The minimum absolute atomic E-state index is 0.0922. The topological polar surface area (TPSA) is 66.9 Å². The molecule has 0 aliphatic heterocycles. The summed E-state index contributed by atoms with van der Waals surface area (Å²) in [5.74, 6) is 0.834. The van der Waals surface area contributed by atoms with Gasteiger partial charge in [0.05, 0.1) is 11.9 Å². The minimum atomic E-state index is -0.0922. The van der Waals surface area contributed by atoms with E-state index in [9.17, 15) is 4.79 Å². The summed E-state index contributed by atoms with van der Waals surface area (Å²) in [6.07, 6.45) is 4.87.